The van der Waals surface area contributed by atoms with E-state index in [1.54, 1.807) is 13.1 Å². The number of carboxylic acid groups (broad SMARTS) is 1. The molecule has 0 aromatic carbocycles. The number of allylic oxidation sites excluding steroid dienone is 1. The molecule has 18 heavy (non-hydrogen) atoms. The Bertz CT molecular complexity index is 322. The van der Waals surface area contributed by atoms with Crippen LogP contribution in [0.25, 0.3) is 0 Å². The largest absolute Gasteiger partial charge is 0.480 e. The monoisotopic (exact) mass is 254 g/mol. The molecule has 1 saturated carbocycles. The van der Waals surface area contributed by atoms with Crippen molar-refractivity contribution in [2.45, 2.75) is 44.1 Å². The number of unbranched alkanes of at least 4 members (excludes halogenated alkanes) is 1. The van der Waals surface area contributed by atoms with Crippen LogP contribution < -0.4 is 5.32 Å². The molecular formula is C13H22N2O3. The Hall–Kier alpha value is -1.52. The maximum absolute atomic E-state index is 11.9. The quantitative estimate of drug-likeness (QED) is 0.562. The van der Waals surface area contributed by atoms with E-state index < -0.39 is 11.5 Å². The van der Waals surface area contributed by atoms with Crippen LogP contribution in [-0.2, 0) is 4.79 Å². The van der Waals surface area contributed by atoms with Crippen LogP contribution in [0.1, 0.15) is 38.5 Å². The summed E-state index contributed by atoms with van der Waals surface area (Å²) in [6.45, 7) is 4.23. The second-order valence-electron chi connectivity index (χ2n) is 4.88. The third kappa shape index (κ3) is 3.48. The first-order valence-electron chi connectivity index (χ1n) is 6.39. The average molecular weight is 254 g/mol. The van der Waals surface area contributed by atoms with Crippen molar-refractivity contribution in [3.05, 3.63) is 12.7 Å². The van der Waals surface area contributed by atoms with Gasteiger partial charge in [-0.1, -0.05) is 18.9 Å². The Morgan fingerprint density at radius 2 is 2.06 bits per heavy atom. The highest BCUT2D eigenvalue weighted by Gasteiger charge is 2.43. The van der Waals surface area contributed by atoms with Gasteiger partial charge in [-0.05, 0) is 25.7 Å². The van der Waals surface area contributed by atoms with Gasteiger partial charge in [0.1, 0.15) is 5.54 Å². The van der Waals surface area contributed by atoms with Crippen LogP contribution in [-0.4, -0.2) is 41.1 Å². The van der Waals surface area contributed by atoms with Gasteiger partial charge in [-0.2, -0.15) is 0 Å². The van der Waals surface area contributed by atoms with Gasteiger partial charge in [-0.3, -0.25) is 0 Å². The van der Waals surface area contributed by atoms with Crippen molar-refractivity contribution < 1.29 is 14.7 Å². The van der Waals surface area contributed by atoms with Crippen molar-refractivity contribution in [1.29, 1.82) is 0 Å². The highest BCUT2D eigenvalue weighted by atomic mass is 16.4. The summed E-state index contributed by atoms with van der Waals surface area (Å²) in [6.07, 6.45) is 6.25. The maximum atomic E-state index is 11.9. The summed E-state index contributed by atoms with van der Waals surface area (Å²) >= 11 is 0. The molecule has 1 aliphatic carbocycles. The Morgan fingerprint density at radius 1 is 1.44 bits per heavy atom. The van der Waals surface area contributed by atoms with Crippen molar-refractivity contribution in [2.24, 2.45) is 0 Å². The van der Waals surface area contributed by atoms with Crippen LogP contribution in [0.4, 0.5) is 4.79 Å². The van der Waals surface area contributed by atoms with Gasteiger partial charge in [-0.25, -0.2) is 9.59 Å². The van der Waals surface area contributed by atoms with E-state index in [1.807, 2.05) is 0 Å². The van der Waals surface area contributed by atoms with E-state index in [1.165, 1.54) is 4.90 Å². The van der Waals surface area contributed by atoms with E-state index in [9.17, 15) is 14.7 Å². The van der Waals surface area contributed by atoms with E-state index in [0.29, 0.717) is 19.4 Å². The van der Waals surface area contributed by atoms with Crippen LogP contribution in [0.2, 0.25) is 0 Å². The lowest BCUT2D eigenvalue weighted by Crippen LogP contribution is -2.55. The van der Waals surface area contributed by atoms with Gasteiger partial charge in [0.05, 0.1) is 0 Å². The number of nitrogens with one attached hydrogen (secondary N) is 1. The fourth-order valence-electron chi connectivity index (χ4n) is 2.25. The number of carboxylic acids is 1. The summed E-state index contributed by atoms with van der Waals surface area (Å²) in [5, 5.41) is 11.9. The normalized spacial score (nSPS) is 17.2. The maximum Gasteiger partial charge on any atom is 0.329 e. The lowest BCUT2D eigenvalue weighted by molar-refractivity contribution is -0.144. The van der Waals surface area contributed by atoms with Gasteiger partial charge in [0, 0.05) is 13.6 Å². The lowest BCUT2D eigenvalue weighted by atomic mass is 9.98. The predicted molar refractivity (Wildman–Crippen MR) is 69.4 cm³/mol. The number of rotatable bonds is 6. The highest BCUT2D eigenvalue weighted by Crippen LogP contribution is 2.30. The molecule has 0 bridgehead atoms. The van der Waals surface area contributed by atoms with Crippen LogP contribution in [0.15, 0.2) is 12.7 Å². The molecule has 1 aliphatic rings. The Kier molecular flexibility index (Phi) is 5.19. The molecule has 0 aromatic rings. The van der Waals surface area contributed by atoms with Crippen LogP contribution in [0, 0.1) is 0 Å². The zero-order chi connectivity index (χ0) is 13.6. The minimum absolute atomic E-state index is 0.302. The Morgan fingerprint density at radius 3 is 2.56 bits per heavy atom. The summed E-state index contributed by atoms with van der Waals surface area (Å²) in [5.74, 6) is -0.923. The van der Waals surface area contributed by atoms with Crippen LogP contribution in [0.3, 0.4) is 0 Å². The first kappa shape index (κ1) is 14.5. The van der Waals surface area contributed by atoms with Crippen LogP contribution >= 0.6 is 0 Å². The van der Waals surface area contributed by atoms with Crippen molar-refractivity contribution in [3.8, 4) is 0 Å². The second-order valence-corrected chi connectivity index (χ2v) is 4.88. The van der Waals surface area contributed by atoms with Gasteiger partial charge < -0.3 is 15.3 Å². The van der Waals surface area contributed by atoms with E-state index >= 15 is 0 Å². The molecular weight excluding hydrogens is 232 g/mol. The van der Waals surface area contributed by atoms with E-state index in [0.717, 1.165) is 25.7 Å². The highest BCUT2D eigenvalue weighted by molar-refractivity contribution is 5.86. The molecule has 0 saturated heterocycles. The van der Waals surface area contributed by atoms with Gasteiger partial charge in [-0.15, -0.1) is 6.58 Å². The third-order valence-electron chi connectivity index (χ3n) is 3.46. The molecule has 5 heteroatoms. The number of hydrogen-bond acceptors (Lipinski definition) is 2. The minimum atomic E-state index is -1.05. The topological polar surface area (TPSA) is 69.6 Å². The Balaban J connectivity index is 2.51. The van der Waals surface area contributed by atoms with Gasteiger partial charge in [0.15, 0.2) is 0 Å². The number of aliphatic carboxylic acids is 1. The number of nitrogens with zero attached hydrogens (tertiary/aromatic N) is 1. The van der Waals surface area contributed by atoms with Gasteiger partial charge in [0.2, 0.25) is 0 Å². The molecule has 0 heterocycles. The molecule has 1 fully saturated rings. The minimum Gasteiger partial charge on any atom is -0.480 e. The summed E-state index contributed by atoms with van der Waals surface area (Å²) < 4.78 is 0. The first-order valence-corrected chi connectivity index (χ1v) is 6.39. The molecule has 0 atom stereocenters. The van der Waals surface area contributed by atoms with Crippen molar-refractivity contribution in [1.82, 2.24) is 10.2 Å². The molecule has 0 aliphatic heterocycles. The smallest absolute Gasteiger partial charge is 0.329 e. The van der Waals surface area contributed by atoms with Crippen LogP contribution in [0.5, 0.6) is 0 Å². The summed E-state index contributed by atoms with van der Waals surface area (Å²) in [5.41, 5.74) is -1.05. The molecule has 5 nitrogen and oxygen atoms in total. The number of amides is 2. The summed E-state index contributed by atoms with van der Waals surface area (Å²) in [6, 6.07) is -0.302. The predicted octanol–water partition coefficient (Wildman–Crippen LogP) is 1.99. The standard InChI is InChI=1S/C13H22N2O3/c1-3-4-7-10-15(2)12(18)14-13(11(16)17)8-5-6-9-13/h3H,1,4-10H2,2H3,(H,14,18)(H,16,17). The molecule has 0 aromatic heterocycles. The molecule has 1 rings (SSSR count). The van der Waals surface area contributed by atoms with E-state index in [2.05, 4.69) is 11.9 Å². The average Bonchev–Trinajstić information content (AvgIpc) is 2.79. The lowest BCUT2D eigenvalue weighted by Gasteiger charge is -2.28. The molecule has 102 valence electrons. The van der Waals surface area contributed by atoms with E-state index in [-0.39, 0.29) is 6.03 Å². The zero-order valence-corrected chi connectivity index (χ0v) is 10.9. The molecule has 0 unspecified atom stereocenters. The SMILES string of the molecule is C=CCCCN(C)C(=O)NC1(C(=O)O)CCCC1. The van der Waals surface area contributed by atoms with Gasteiger partial charge >= 0.3 is 12.0 Å². The summed E-state index contributed by atoms with van der Waals surface area (Å²) in [4.78, 5) is 24.8. The Labute approximate surface area is 108 Å². The third-order valence-corrected chi connectivity index (χ3v) is 3.46. The first-order chi connectivity index (χ1) is 8.52. The zero-order valence-electron chi connectivity index (χ0n) is 10.9. The molecule has 2 N–H and O–H groups in total. The second kappa shape index (κ2) is 6.42. The number of carbonyl (C=O) groups is 2. The van der Waals surface area contributed by atoms with E-state index in [4.69, 9.17) is 0 Å². The fraction of sp³-hybridized carbons (Fsp3) is 0.692. The van der Waals surface area contributed by atoms with Crippen molar-refractivity contribution in [2.75, 3.05) is 13.6 Å². The fourth-order valence-corrected chi connectivity index (χ4v) is 2.25. The molecule has 0 spiro atoms. The van der Waals surface area contributed by atoms with Crippen molar-refractivity contribution >= 4 is 12.0 Å². The molecule has 2 amide bonds. The van der Waals surface area contributed by atoms with Gasteiger partial charge in [0.25, 0.3) is 0 Å². The molecule has 0 radical (unpaired) electrons. The van der Waals surface area contributed by atoms with Crippen molar-refractivity contribution in [3.63, 3.8) is 0 Å². The number of hydrogen-bond donors (Lipinski definition) is 2. The summed E-state index contributed by atoms with van der Waals surface area (Å²) in [7, 11) is 1.68. The number of urea groups is 1. The number of carbonyl (C=O) groups excluding carboxylic acids is 1.